The molecular weight excluding hydrogens is 512 g/mol. The van der Waals surface area contributed by atoms with Crippen LogP contribution >= 0.6 is 0 Å². The van der Waals surface area contributed by atoms with Gasteiger partial charge in [-0.15, -0.1) is 0 Å². The average molecular weight is 553 g/mol. The summed E-state index contributed by atoms with van der Waals surface area (Å²) in [6.07, 6.45) is 2.58. The number of nitrogens with zero attached hydrogens (tertiary/aromatic N) is 5. The van der Waals surface area contributed by atoms with Crippen LogP contribution in [0.15, 0.2) is 36.9 Å². The molecular formula is C28H40N8O4. The Bertz CT molecular complexity index is 1340. The number of rotatable bonds is 8. The lowest BCUT2D eigenvalue weighted by Gasteiger charge is -2.27. The van der Waals surface area contributed by atoms with Crippen molar-refractivity contribution in [3.05, 3.63) is 42.5 Å². The SMILES string of the molecule is CN(CCCNC(=O)Nc1ccc(C(C)(C)C)cc1)CC1O[C@@H](n2cnc3c(N)ncnc32)C2OC(C)(C)O[C@H]12. The minimum absolute atomic E-state index is 0.0721. The standard InChI is InChI=1S/C28H40N8O4/c1-27(2,3)17-8-10-18(11-9-17)34-26(37)30-12-7-13-35(6)14-19-21-22(40-28(4,5)39-21)25(38-19)36-16-33-20-23(29)31-15-32-24(20)36/h8-11,15-16,19,21-22,25H,7,12-14H2,1-6H3,(H2,29,31,32)(H2,30,34,37)/t19?,21-,22?,25-/m1/s1. The van der Waals surface area contributed by atoms with E-state index < -0.39 is 12.0 Å². The third kappa shape index (κ3) is 6.04. The van der Waals surface area contributed by atoms with Crippen molar-refractivity contribution in [1.82, 2.24) is 29.7 Å². The number of aromatic nitrogens is 4. The van der Waals surface area contributed by atoms with Crippen LogP contribution in [0.25, 0.3) is 11.2 Å². The number of nitrogens with two attached hydrogens (primary N) is 1. The van der Waals surface area contributed by atoms with Gasteiger partial charge in [0.05, 0.1) is 6.33 Å². The minimum Gasteiger partial charge on any atom is -0.382 e. The van der Waals surface area contributed by atoms with Crippen LogP contribution in [0, 0.1) is 0 Å². The summed E-state index contributed by atoms with van der Waals surface area (Å²) in [6.45, 7) is 12.3. The summed E-state index contributed by atoms with van der Waals surface area (Å²) in [5, 5.41) is 5.83. The van der Waals surface area contributed by atoms with E-state index in [0.717, 1.165) is 18.7 Å². The van der Waals surface area contributed by atoms with Gasteiger partial charge in [-0.25, -0.2) is 19.7 Å². The molecule has 2 fully saturated rings. The van der Waals surface area contributed by atoms with Gasteiger partial charge in [0, 0.05) is 18.8 Å². The maximum atomic E-state index is 12.4. The maximum Gasteiger partial charge on any atom is 0.319 e. The highest BCUT2D eigenvalue weighted by molar-refractivity contribution is 5.89. The monoisotopic (exact) mass is 552 g/mol. The van der Waals surface area contributed by atoms with Crippen LogP contribution in [0.1, 0.15) is 52.8 Å². The Morgan fingerprint density at radius 1 is 1.12 bits per heavy atom. The molecule has 0 spiro atoms. The van der Waals surface area contributed by atoms with Crippen molar-refractivity contribution < 1.29 is 19.0 Å². The molecule has 4 heterocycles. The molecule has 0 aliphatic carbocycles. The van der Waals surface area contributed by atoms with Gasteiger partial charge in [-0.1, -0.05) is 32.9 Å². The highest BCUT2D eigenvalue weighted by atomic mass is 16.8. The molecule has 12 heteroatoms. The number of carbonyl (C=O) groups is 1. The number of carbonyl (C=O) groups excluding carboxylic acids is 1. The van der Waals surface area contributed by atoms with E-state index in [-0.39, 0.29) is 29.8 Å². The van der Waals surface area contributed by atoms with E-state index >= 15 is 0 Å². The molecule has 1 aromatic carbocycles. The fraction of sp³-hybridized carbons (Fsp3) is 0.571. The van der Waals surface area contributed by atoms with Crippen LogP contribution in [0.5, 0.6) is 0 Å². The number of hydrogen-bond acceptors (Lipinski definition) is 9. The molecule has 2 aliphatic heterocycles. The summed E-state index contributed by atoms with van der Waals surface area (Å²) in [7, 11) is 2.03. The number of fused-ring (bicyclic) bond motifs is 2. The molecule has 2 saturated heterocycles. The Hall–Kier alpha value is -3.32. The van der Waals surface area contributed by atoms with E-state index in [1.807, 2.05) is 49.7 Å². The molecule has 0 radical (unpaired) electrons. The molecule has 4 N–H and O–H groups in total. The first-order valence-electron chi connectivity index (χ1n) is 13.7. The van der Waals surface area contributed by atoms with Crippen LogP contribution in [-0.4, -0.2) is 81.2 Å². The number of amides is 2. The number of urea groups is 1. The van der Waals surface area contributed by atoms with Crippen molar-refractivity contribution >= 4 is 28.7 Å². The van der Waals surface area contributed by atoms with Crippen molar-refractivity contribution in [2.75, 3.05) is 37.7 Å². The Kier molecular flexibility index (Phi) is 7.71. The lowest BCUT2D eigenvalue weighted by molar-refractivity contribution is -0.197. The van der Waals surface area contributed by atoms with Gasteiger partial charge in [-0.3, -0.25) is 4.57 Å². The molecule has 5 rings (SSSR count). The second-order valence-electron chi connectivity index (χ2n) is 12.0. The van der Waals surface area contributed by atoms with Crippen LogP contribution in [0.3, 0.4) is 0 Å². The van der Waals surface area contributed by atoms with Gasteiger partial charge in [-0.05, 0) is 57.0 Å². The quantitative estimate of drug-likeness (QED) is 0.359. The van der Waals surface area contributed by atoms with Crippen molar-refractivity contribution in [2.45, 2.75) is 76.8 Å². The molecule has 2 aliphatic rings. The fourth-order valence-electron chi connectivity index (χ4n) is 5.26. The van der Waals surface area contributed by atoms with E-state index in [4.69, 9.17) is 19.9 Å². The third-order valence-electron chi connectivity index (χ3n) is 7.29. The molecule has 40 heavy (non-hydrogen) atoms. The topological polar surface area (TPSA) is 142 Å². The number of anilines is 2. The summed E-state index contributed by atoms with van der Waals surface area (Å²) in [5.74, 6) is -0.414. The van der Waals surface area contributed by atoms with Gasteiger partial charge in [-0.2, -0.15) is 0 Å². The first-order valence-corrected chi connectivity index (χ1v) is 13.7. The number of benzene rings is 1. The first kappa shape index (κ1) is 28.2. The lowest BCUT2D eigenvalue weighted by atomic mass is 9.87. The minimum atomic E-state index is -0.733. The van der Waals surface area contributed by atoms with E-state index in [1.54, 1.807) is 6.33 Å². The summed E-state index contributed by atoms with van der Waals surface area (Å²) in [5.41, 5.74) is 9.17. The van der Waals surface area contributed by atoms with Crippen LogP contribution < -0.4 is 16.4 Å². The highest BCUT2D eigenvalue weighted by Crippen LogP contribution is 2.44. The molecule has 2 aromatic heterocycles. The first-order chi connectivity index (χ1) is 18.9. The van der Waals surface area contributed by atoms with Gasteiger partial charge < -0.3 is 35.5 Å². The zero-order chi connectivity index (χ0) is 28.7. The Morgan fingerprint density at radius 2 is 1.85 bits per heavy atom. The number of nitrogen functional groups attached to an aromatic ring is 1. The predicted molar refractivity (Wildman–Crippen MR) is 152 cm³/mol. The molecule has 2 unspecified atom stereocenters. The zero-order valence-electron chi connectivity index (χ0n) is 24.0. The largest absolute Gasteiger partial charge is 0.382 e. The highest BCUT2D eigenvalue weighted by Gasteiger charge is 2.56. The molecule has 12 nitrogen and oxygen atoms in total. The number of hydrogen-bond donors (Lipinski definition) is 3. The Labute approximate surface area is 234 Å². The zero-order valence-corrected chi connectivity index (χ0v) is 24.0. The Balaban J connectivity index is 1.12. The summed E-state index contributed by atoms with van der Waals surface area (Å²) in [6, 6.07) is 7.74. The molecule has 3 aromatic rings. The summed E-state index contributed by atoms with van der Waals surface area (Å²) >= 11 is 0. The molecule has 2 amide bonds. The normalized spacial score (nSPS) is 24.0. The van der Waals surface area contributed by atoms with E-state index in [9.17, 15) is 4.79 Å². The second kappa shape index (κ2) is 10.9. The smallest absolute Gasteiger partial charge is 0.319 e. The van der Waals surface area contributed by atoms with Crippen LogP contribution in [0.2, 0.25) is 0 Å². The van der Waals surface area contributed by atoms with Gasteiger partial charge in [0.25, 0.3) is 0 Å². The number of likely N-dealkylation sites (N-methyl/N-ethyl adjacent to an activating group) is 1. The van der Waals surface area contributed by atoms with Crippen LogP contribution in [-0.2, 0) is 19.6 Å². The Morgan fingerprint density at radius 3 is 2.58 bits per heavy atom. The second-order valence-corrected chi connectivity index (χ2v) is 12.0. The van der Waals surface area contributed by atoms with Gasteiger partial charge in [0.2, 0.25) is 0 Å². The third-order valence-corrected chi connectivity index (χ3v) is 7.29. The number of nitrogens with one attached hydrogen (secondary N) is 2. The number of ether oxygens (including phenoxy) is 3. The fourth-order valence-corrected chi connectivity index (χ4v) is 5.26. The molecule has 0 bridgehead atoms. The van der Waals surface area contributed by atoms with Crippen molar-refractivity contribution in [3.63, 3.8) is 0 Å². The van der Waals surface area contributed by atoms with Crippen molar-refractivity contribution in [2.24, 2.45) is 0 Å². The summed E-state index contributed by atoms with van der Waals surface area (Å²) < 4.78 is 20.8. The van der Waals surface area contributed by atoms with Gasteiger partial charge in [0.1, 0.15) is 30.2 Å². The molecule has 216 valence electrons. The van der Waals surface area contributed by atoms with E-state index in [1.165, 1.54) is 11.9 Å². The molecule has 4 atom stereocenters. The maximum absolute atomic E-state index is 12.4. The van der Waals surface area contributed by atoms with Gasteiger partial charge in [0.15, 0.2) is 23.5 Å². The van der Waals surface area contributed by atoms with Gasteiger partial charge >= 0.3 is 6.03 Å². The predicted octanol–water partition coefficient (Wildman–Crippen LogP) is 3.27. The van der Waals surface area contributed by atoms with Crippen molar-refractivity contribution in [1.29, 1.82) is 0 Å². The summed E-state index contributed by atoms with van der Waals surface area (Å²) in [4.78, 5) is 27.3. The van der Waals surface area contributed by atoms with E-state index in [0.29, 0.717) is 30.1 Å². The molecule has 0 saturated carbocycles. The van der Waals surface area contributed by atoms with Crippen molar-refractivity contribution in [3.8, 4) is 0 Å². The lowest BCUT2D eigenvalue weighted by Crippen LogP contribution is -2.39. The van der Waals surface area contributed by atoms with E-state index in [2.05, 4.69) is 51.3 Å². The van der Waals surface area contributed by atoms with Crippen LogP contribution in [0.4, 0.5) is 16.3 Å². The average Bonchev–Trinajstić information content (AvgIpc) is 3.54. The number of imidazole rings is 1.